The molecule has 0 saturated heterocycles. The molecule has 220 valence electrons. The van der Waals surface area contributed by atoms with Gasteiger partial charge in [0.1, 0.15) is 23.2 Å². The Bertz CT molecular complexity index is 1590. The summed E-state index contributed by atoms with van der Waals surface area (Å²) < 4.78 is 34.0. The topological polar surface area (TPSA) is 92.2 Å². The van der Waals surface area contributed by atoms with Crippen molar-refractivity contribution in [2.24, 2.45) is 0 Å². The number of aryl methyl sites for hydroxylation is 1. The summed E-state index contributed by atoms with van der Waals surface area (Å²) >= 11 is 0. The third-order valence-electron chi connectivity index (χ3n) is 7.79. The molecule has 6 heteroatoms. The van der Waals surface area contributed by atoms with Gasteiger partial charge in [0.15, 0.2) is 5.16 Å². The van der Waals surface area contributed by atoms with Crippen LogP contribution in [-0.4, -0.2) is 0 Å². The zero-order valence-electron chi connectivity index (χ0n) is 24.2. The van der Waals surface area contributed by atoms with E-state index in [1.165, 1.54) is 38.2 Å². The Labute approximate surface area is 261 Å². The molecule has 0 saturated carbocycles. The summed E-state index contributed by atoms with van der Waals surface area (Å²) in [5.74, 6) is 0. The zero-order chi connectivity index (χ0) is 31.0. The maximum Gasteiger partial charge on any atom is 0.168 e. The molecule has 0 atom stereocenters. The molecule has 0 aromatic heterocycles. The average Bonchev–Trinajstić information content (AvgIpc) is 3.05. The van der Waals surface area contributed by atoms with E-state index in [0.29, 0.717) is 0 Å². The molecule has 0 fully saturated rings. The number of hydrogen-bond donors (Lipinski definition) is 0. The molecule has 0 aliphatic rings. The molecule has 0 bridgehead atoms. The molecule has 0 radical (unpaired) electrons. The van der Waals surface area contributed by atoms with Crippen molar-refractivity contribution in [3.8, 4) is 0 Å². The Hall–Kier alpha value is -4.12. The van der Waals surface area contributed by atoms with Crippen LogP contribution >= 0.6 is 7.26 Å². The van der Waals surface area contributed by atoms with E-state index in [9.17, 15) is 0 Å². The Morgan fingerprint density at radius 3 is 0.932 bits per heavy atom. The molecule has 6 rings (SSSR count). The molecular formula is C38H32ClO4P. The number of rotatable bonds is 7. The van der Waals surface area contributed by atoms with E-state index < -0.39 is 22.7 Å². The van der Waals surface area contributed by atoms with Crippen LogP contribution in [0, 0.1) is 17.2 Å². The van der Waals surface area contributed by atoms with Crippen LogP contribution in [0.3, 0.4) is 0 Å². The van der Waals surface area contributed by atoms with Gasteiger partial charge < -0.3 is 0 Å². The van der Waals surface area contributed by atoms with Gasteiger partial charge in [0.05, 0.1) is 0 Å². The highest BCUT2D eigenvalue weighted by Gasteiger charge is 2.65. The van der Waals surface area contributed by atoms with E-state index in [1.54, 1.807) is 0 Å². The fraction of sp³-hybridized carbons (Fsp3) is 0.0526. The first-order chi connectivity index (χ1) is 21.3. The Balaban J connectivity index is 0.000000712. The van der Waals surface area contributed by atoms with Crippen molar-refractivity contribution in [2.75, 3.05) is 0 Å². The SMILES string of the molecule is Cc1ccc([P+](c2ccccc2)(c2ccccc2)C(c2ccccc2)(c2ccccc2)c2ccccc2)cc1.[O-][Cl+3]([O-])([O-])[O-]. The molecule has 44 heavy (non-hydrogen) atoms. The Morgan fingerprint density at radius 2 is 0.636 bits per heavy atom. The lowest BCUT2D eigenvalue weighted by atomic mass is 9.84. The lowest BCUT2D eigenvalue weighted by Gasteiger charge is -2.46. The van der Waals surface area contributed by atoms with Gasteiger partial charge in [-0.15, -0.1) is 10.2 Å². The molecule has 4 nitrogen and oxygen atoms in total. The predicted molar refractivity (Wildman–Crippen MR) is 169 cm³/mol. The van der Waals surface area contributed by atoms with Crippen molar-refractivity contribution < 1.29 is 28.9 Å². The fourth-order valence-corrected chi connectivity index (χ4v) is 11.7. The van der Waals surface area contributed by atoms with Crippen LogP contribution in [0.4, 0.5) is 0 Å². The molecule has 0 amide bonds. The Kier molecular flexibility index (Phi) is 9.73. The van der Waals surface area contributed by atoms with E-state index in [1.807, 2.05) is 0 Å². The molecule has 6 aromatic carbocycles. The summed E-state index contributed by atoms with van der Waals surface area (Å²) in [6.45, 7) is 2.17. The second kappa shape index (κ2) is 13.7. The van der Waals surface area contributed by atoms with Crippen LogP contribution < -0.4 is 34.5 Å². The van der Waals surface area contributed by atoms with E-state index in [0.717, 1.165) is 0 Å². The van der Waals surface area contributed by atoms with Crippen LogP contribution in [0.5, 0.6) is 0 Å². The molecular weight excluding hydrogens is 587 g/mol. The molecule has 0 spiro atoms. The minimum Gasteiger partial charge on any atom is -0.222 e. The van der Waals surface area contributed by atoms with Gasteiger partial charge in [0.25, 0.3) is 0 Å². The lowest BCUT2D eigenvalue weighted by molar-refractivity contribution is -2.00. The van der Waals surface area contributed by atoms with Gasteiger partial charge in [-0.2, -0.15) is 0 Å². The second-order valence-corrected chi connectivity index (χ2v) is 14.7. The monoisotopic (exact) mass is 618 g/mol. The van der Waals surface area contributed by atoms with Crippen molar-refractivity contribution in [1.29, 1.82) is 0 Å². The third-order valence-corrected chi connectivity index (χ3v) is 12.8. The van der Waals surface area contributed by atoms with E-state index in [2.05, 4.69) is 183 Å². The number of halogens is 1. The molecule has 0 aliphatic heterocycles. The standard InChI is InChI=1S/C38H32P.ClHO4/c1-31-27-29-37(30-28-31)39(35-23-13-5-14-24-35,36-25-15-6-16-26-36)38(32-17-7-2-8-18-32,33-19-9-3-10-20-33)34-21-11-4-12-22-34;2-1(3,4)5/h2-30H,1H3;(H,2,3,4,5)/q+1;/p-1. The average molecular weight is 619 g/mol. The highest BCUT2D eigenvalue weighted by Crippen LogP contribution is 2.74. The van der Waals surface area contributed by atoms with Crippen molar-refractivity contribution >= 4 is 23.2 Å². The van der Waals surface area contributed by atoms with Gasteiger partial charge in [-0.25, -0.2) is 18.6 Å². The highest BCUT2D eigenvalue weighted by molar-refractivity contribution is 7.97. The molecule has 0 N–H and O–H groups in total. The number of hydrogen-bond acceptors (Lipinski definition) is 4. The van der Waals surface area contributed by atoms with Crippen molar-refractivity contribution in [1.82, 2.24) is 0 Å². The van der Waals surface area contributed by atoms with E-state index in [4.69, 9.17) is 18.6 Å². The zero-order valence-corrected chi connectivity index (χ0v) is 25.9. The summed E-state index contributed by atoms with van der Waals surface area (Å²) in [6, 6.07) is 65.3. The third kappa shape index (κ3) is 6.24. The summed E-state index contributed by atoms with van der Waals surface area (Å²) in [5.41, 5.74) is 5.15. The van der Waals surface area contributed by atoms with E-state index >= 15 is 0 Å². The van der Waals surface area contributed by atoms with Crippen LogP contribution in [-0.2, 0) is 5.16 Å². The predicted octanol–water partition coefficient (Wildman–Crippen LogP) is 3.53. The summed E-state index contributed by atoms with van der Waals surface area (Å²) in [4.78, 5) is 0. The maximum absolute atomic E-state index is 8.49. The highest BCUT2D eigenvalue weighted by atomic mass is 35.7. The van der Waals surface area contributed by atoms with Crippen molar-refractivity contribution in [3.05, 3.63) is 198 Å². The second-order valence-electron chi connectivity index (χ2n) is 10.4. The normalized spacial score (nSPS) is 11.8. The smallest absolute Gasteiger partial charge is 0.168 e. The number of benzene rings is 6. The van der Waals surface area contributed by atoms with Gasteiger partial charge in [-0.1, -0.05) is 145 Å². The van der Waals surface area contributed by atoms with Gasteiger partial charge >= 0.3 is 0 Å². The Morgan fingerprint density at radius 1 is 0.386 bits per heavy atom. The first-order valence-corrected chi connectivity index (χ1v) is 17.2. The van der Waals surface area contributed by atoms with Gasteiger partial charge in [-0.3, -0.25) is 0 Å². The molecule has 6 aromatic rings. The van der Waals surface area contributed by atoms with Gasteiger partial charge in [0, 0.05) is 16.7 Å². The molecule has 0 aliphatic carbocycles. The minimum atomic E-state index is -4.94. The van der Waals surface area contributed by atoms with Crippen LogP contribution in [0.15, 0.2) is 176 Å². The summed E-state index contributed by atoms with van der Waals surface area (Å²) in [7, 11) is -7.42. The minimum absolute atomic E-state index is 0.491. The maximum atomic E-state index is 8.49. The van der Waals surface area contributed by atoms with Gasteiger partial charge in [-0.05, 0) is 43.3 Å². The lowest BCUT2D eigenvalue weighted by Crippen LogP contribution is -2.68. The summed E-state index contributed by atoms with van der Waals surface area (Å²) in [6.07, 6.45) is 0. The fourth-order valence-electron chi connectivity index (χ4n) is 6.22. The van der Waals surface area contributed by atoms with Crippen molar-refractivity contribution in [2.45, 2.75) is 12.1 Å². The first kappa shape index (κ1) is 31.3. The molecule has 0 heterocycles. The first-order valence-electron chi connectivity index (χ1n) is 14.1. The quantitative estimate of drug-likeness (QED) is 0.202. The van der Waals surface area contributed by atoms with Crippen LogP contribution in [0.1, 0.15) is 22.3 Å². The molecule has 0 unspecified atom stereocenters. The van der Waals surface area contributed by atoms with E-state index in [-0.39, 0.29) is 0 Å². The van der Waals surface area contributed by atoms with Crippen molar-refractivity contribution in [3.63, 3.8) is 0 Å². The van der Waals surface area contributed by atoms with Crippen LogP contribution in [0.2, 0.25) is 0 Å². The largest absolute Gasteiger partial charge is 0.222 e. The summed E-state index contributed by atoms with van der Waals surface area (Å²) in [5, 5.41) is 3.59. The van der Waals surface area contributed by atoms with Gasteiger partial charge in [0.2, 0.25) is 0 Å². The van der Waals surface area contributed by atoms with Crippen LogP contribution in [0.25, 0.3) is 0 Å².